The van der Waals surface area contributed by atoms with Crippen LogP contribution in [0.15, 0.2) is 24.4 Å². The maximum atomic E-state index is 5.96. The first-order valence-electron chi connectivity index (χ1n) is 6.15. The molecule has 0 spiro atoms. The van der Waals surface area contributed by atoms with Crippen LogP contribution in [0.25, 0.3) is 10.9 Å². The molecular formula is C14H19ClN2. The Morgan fingerprint density at radius 3 is 2.94 bits per heavy atom. The molecule has 2 rings (SSSR count). The summed E-state index contributed by atoms with van der Waals surface area (Å²) in [5.41, 5.74) is 2.51. The number of hydrogen-bond donors (Lipinski definition) is 2. The highest BCUT2D eigenvalue weighted by Gasteiger charge is 2.03. The van der Waals surface area contributed by atoms with Gasteiger partial charge < -0.3 is 10.3 Å². The first-order chi connectivity index (χ1) is 8.16. The molecule has 3 heteroatoms. The van der Waals surface area contributed by atoms with Crippen molar-refractivity contribution in [2.24, 2.45) is 0 Å². The van der Waals surface area contributed by atoms with Gasteiger partial charge in [-0.3, -0.25) is 0 Å². The molecule has 0 unspecified atom stereocenters. The van der Waals surface area contributed by atoms with E-state index in [2.05, 4.69) is 36.4 Å². The molecule has 0 aliphatic carbocycles. The van der Waals surface area contributed by atoms with Crippen LogP contribution in [0.1, 0.15) is 25.8 Å². The lowest BCUT2D eigenvalue weighted by Crippen LogP contribution is -2.23. The Labute approximate surface area is 107 Å². The van der Waals surface area contributed by atoms with Gasteiger partial charge in [-0.15, -0.1) is 0 Å². The highest BCUT2D eigenvalue weighted by atomic mass is 35.5. The smallest absolute Gasteiger partial charge is 0.0471 e. The number of nitrogens with one attached hydrogen (secondary N) is 2. The zero-order chi connectivity index (χ0) is 12.3. The summed E-state index contributed by atoms with van der Waals surface area (Å²) in [4.78, 5) is 3.27. The second-order valence-electron chi connectivity index (χ2n) is 4.72. The Morgan fingerprint density at radius 1 is 1.35 bits per heavy atom. The van der Waals surface area contributed by atoms with E-state index in [0.717, 1.165) is 29.9 Å². The minimum Gasteiger partial charge on any atom is -0.361 e. The van der Waals surface area contributed by atoms with E-state index in [4.69, 9.17) is 11.6 Å². The Balaban J connectivity index is 1.99. The molecule has 0 saturated carbocycles. The van der Waals surface area contributed by atoms with Crippen LogP contribution < -0.4 is 5.32 Å². The molecule has 1 aromatic carbocycles. The summed E-state index contributed by atoms with van der Waals surface area (Å²) < 4.78 is 0. The number of aromatic amines is 1. The van der Waals surface area contributed by atoms with Crippen LogP contribution in [-0.4, -0.2) is 17.6 Å². The molecule has 1 aromatic heterocycles. The van der Waals surface area contributed by atoms with Crippen LogP contribution in [0.3, 0.4) is 0 Å². The van der Waals surface area contributed by atoms with Gasteiger partial charge >= 0.3 is 0 Å². The topological polar surface area (TPSA) is 27.8 Å². The monoisotopic (exact) mass is 250 g/mol. The van der Waals surface area contributed by atoms with Crippen molar-refractivity contribution in [3.63, 3.8) is 0 Å². The molecule has 0 bridgehead atoms. The molecule has 0 aliphatic rings. The number of hydrogen-bond acceptors (Lipinski definition) is 1. The van der Waals surface area contributed by atoms with Gasteiger partial charge in [0, 0.05) is 28.2 Å². The van der Waals surface area contributed by atoms with Crippen LogP contribution in [0, 0.1) is 0 Å². The van der Waals surface area contributed by atoms with Crippen molar-refractivity contribution < 1.29 is 0 Å². The van der Waals surface area contributed by atoms with Crippen LogP contribution in [0.4, 0.5) is 0 Å². The van der Waals surface area contributed by atoms with Crippen molar-refractivity contribution >= 4 is 22.5 Å². The SMILES string of the molecule is CC(C)NCCCc1c[nH]c2cc(Cl)ccc12. The lowest BCUT2D eigenvalue weighted by Gasteiger charge is -2.07. The minimum atomic E-state index is 0.566. The fourth-order valence-corrected chi connectivity index (χ4v) is 2.21. The number of halogens is 1. The van der Waals surface area contributed by atoms with Gasteiger partial charge in [0.2, 0.25) is 0 Å². The summed E-state index contributed by atoms with van der Waals surface area (Å²) in [6.07, 6.45) is 4.35. The predicted molar refractivity (Wildman–Crippen MR) is 74.8 cm³/mol. The predicted octanol–water partition coefficient (Wildman–Crippen LogP) is 3.75. The Kier molecular flexibility index (Phi) is 4.08. The molecular weight excluding hydrogens is 232 g/mol. The molecule has 0 fully saturated rings. The van der Waals surface area contributed by atoms with E-state index in [-0.39, 0.29) is 0 Å². The summed E-state index contributed by atoms with van der Waals surface area (Å²) in [6, 6.07) is 6.59. The third kappa shape index (κ3) is 3.24. The van der Waals surface area contributed by atoms with Crippen molar-refractivity contribution in [3.05, 3.63) is 35.0 Å². The highest BCUT2D eigenvalue weighted by molar-refractivity contribution is 6.31. The zero-order valence-corrected chi connectivity index (χ0v) is 11.1. The molecule has 0 aliphatic heterocycles. The maximum Gasteiger partial charge on any atom is 0.0471 e. The van der Waals surface area contributed by atoms with Gasteiger partial charge in [-0.05, 0) is 37.1 Å². The van der Waals surface area contributed by atoms with Gasteiger partial charge in [-0.1, -0.05) is 31.5 Å². The van der Waals surface area contributed by atoms with Crippen LogP contribution in [0.2, 0.25) is 5.02 Å². The lowest BCUT2D eigenvalue weighted by molar-refractivity contribution is 0.571. The zero-order valence-electron chi connectivity index (χ0n) is 10.4. The van der Waals surface area contributed by atoms with E-state index in [1.54, 1.807) is 0 Å². The summed E-state index contributed by atoms with van der Waals surface area (Å²) in [5, 5.41) is 5.51. The normalized spacial score (nSPS) is 11.5. The maximum absolute atomic E-state index is 5.96. The Morgan fingerprint density at radius 2 is 2.18 bits per heavy atom. The van der Waals surface area contributed by atoms with Crippen molar-refractivity contribution in [2.45, 2.75) is 32.7 Å². The lowest BCUT2D eigenvalue weighted by atomic mass is 10.1. The van der Waals surface area contributed by atoms with Crippen LogP contribution in [0.5, 0.6) is 0 Å². The summed E-state index contributed by atoms with van der Waals surface area (Å²) in [7, 11) is 0. The van der Waals surface area contributed by atoms with Gasteiger partial charge in [0.05, 0.1) is 0 Å². The number of fused-ring (bicyclic) bond motifs is 1. The average molecular weight is 251 g/mol. The van der Waals surface area contributed by atoms with Crippen molar-refractivity contribution in [1.29, 1.82) is 0 Å². The molecule has 17 heavy (non-hydrogen) atoms. The van der Waals surface area contributed by atoms with Gasteiger partial charge in [-0.2, -0.15) is 0 Å². The fraction of sp³-hybridized carbons (Fsp3) is 0.429. The molecule has 0 radical (unpaired) electrons. The first-order valence-corrected chi connectivity index (χ1v) is 6.53. The molecule has 2 nitrogen and oxygen atoms in total. The first kappa shape index (κ1) is 12.5. The Bertz CT molecular complexity index is 488. The largest absolute Gasteiger partial charge is 0.361 e. The molecule has 0 saturated heterocycles. The van der Waals surface area contributed by atoms with E-state index in [1.807, 2.05) is 12.1 Å². The van der Waals surface area contributed by atoms with Gasteiger partial charge in [0.1, 0.15) is 0 Å². The van der Waals surface area contributed by atoms with Crippen LogP contribution >= 0.6 is 11.6 Å². The minimum absolute atomic E-state index is 0.566. The number of aryl methyl sites for hydroxylation is 1. The second kappa shape index (κ2) is 5.56. The molecule has 2 N–H and O–H groups in total. The third-order valence-corrected chi connectivity index (χ3v) is 3.14. The van der Waals surface area contributed by atoms with Gasteiger partial charge in [-0.25, -0.2) is 0 Å². The van der Waals surface area contributed by atoms with Crippen molar-refractivity contribution in [1.82, 2.24) is 10.3 Å². The second-order valence-corrected chi connectivity index (χ2v) is 5.15. The molecule has 2 aromatic rings. The molecule has 1 heterocycles. The molecule has 0 amide bonds. The Hall–Kier alpha value is -0.990. The van der Waals surface area contributed by atoms with E-state index in [0.29, 0.717) is 6.04 Å². The average Bonchev–Trinajstić information content (AvgIpc) is 2.66. The number of benzene rings is 1. The van der Waals surface area contributed by atoms with E-state index < -0.39 is 0 Å². The quantitative estimate of drug-likeness (QED) is 0.778. The van der Waals surface area contributed by atoms with Gasteiger partial charge in [0.15, 0.2) is 0 Å². The standard InChI is InChI=1S/C14H19ClN2/c1-10(2)16-7-3-4-11-9-17-14-8-12(15)5-6-13(11)14/h5-6,8-10,16-17H,3-4,7H2,1-2H3. The van der Waals surface area contributed by atoms with Crippen LogP contribution in [-0.2, 0) is 6.42 Å². The van der Waals surface area contributed by atoms with Crippen molar-refractivity contribution in [2.75, 3.05) is 6.54 Å². The number of H-pyrrole nitrogens is 1. The van der Waals surface area contributed by atoms with Gasteiger partial charge in [0.25, 0.3) is 0 Å². The fourth-order valence-electron chi connectivity index (χ4n) is 2.03. The number of rotatable bonds is 5. The van der Waals surface area contributed by atoms with E-state index in [1.165, 1.54) is 10.9 Å². The molecule has 0 atom stereocenters. The summed E-state index contributed by atoms with van der Waals surface area (Å²) in [5.74, 6) is 0. The highest BCUT2D eigenvalue weighted by Crippen LogP contribution is 2.22. The third-order valence-electron chi connectivity index (χ3n) is 2.90. The summed E-state index contributed by atoms with van der Waals surface area (Å²) >= 11 is 5.96. The number of aromatic nitrogens is 1. The van der Waals surface area contributed by atoms with Crippen molar-refractivity contribution in [3.8, 4) is 0 Å². The van der Waals surface area contributed by atoms with E-state index in [9.17, 15) is 0 Å². The summed E-state index contributed by atoms with van der Waals surface area (Å²) in [6.45, 7) is 5.42. The van der Waals surface area contributed by atoms with E-state index >= 15 is 0 Å². The molecule has 92 valence electrons.